The molecule has 0 atom stereocenters. The Bertz CT molecular complexity index is 1450. The number of nitrogens with zero attached hydrogens (tertiary/aromatic N) is 4. The number of amides is 1. The van der Waals surface area contributed by atoms with Gasteiger partial charge in [-0.3, -0.25) is 4.79 Å². The number of carbonyl (C=O) groups excluding carboxylic acids is 1. The topological polar surface area (TPSA) is 72.2 Å². The third kappa shape index (κ3) is 6.00. The molecule has 35 heavy (non-hydrogen) atoms. The number of carbonyl (C=O) groups is 1. The minimum absolute atomic E-state index is 0.00511. The molecule has 4 rings (SSSR count). The van der Waals surface area contributed by atoms with Crippen molar-refractivity contribution in [2.24, 2.45) is 0 Å². The number of aromatic nitrogens is 4. The lowest BCUT2D eigenvalue weighted by atomic mass is 10.1. The zero-order valence-corrected chi connectivity index (χ0v) is 19.7. The molecule has 2 heterocycles. The minimum atomic E-state index is -4.43. The Morgan fingerprint density at radius 2 is 1.89 bits per heavy atom. The third-order valence-electron chi connectivity index (χ3n) is 4.98. The summed E-state index contributed by atoms with van der Waals surface area (Å²) in [6.45, 7) is 3.82. The Hall–Kier alpha value is -3.84. The van der Waals surface area contributed by atoms with Gasteiger partial charge in [0.05, 0.1) is 12.1 Å². The van der Waals surface area contributed by atoms with Crippen LogP contribution in [-0.4, -0.2) is 32.0 Å². The van der Waals surface area contributed by atoms with E-state index in [4.69, 9.17) is 0 Å². The van der Waals surface area contributed by atoms with Gasteiger partial charge in [-0.2, -0.15) is 18.2 Å². The molecule has 178 valence electrons. The molecule has 0 bridgehead atoms. The first-order valence-electron chi connectivity index (χ1n) is 10.6. The predicted octanol–water partition coefficient (Wildman–Crippen LogP) is 4.83. The number of thioether (sulfide) groups is 1. The molecule has 0 aliphatic carbocycles. The van der Waals surface area contributed by atoms with Crippen molar-refractivity contribution in [3.05, 3.63) is 88.2 Å². The molecule has 1 N–H and O–H groups in total. The van der Waals surface area contributed by atoms with Crippen molar-refractivity contribution >= 4 is 23.4 Å². The fourth-order valence-electron chi connectivity index (χ4n) is 3.36. The highest BCUT2D eigenvalue weighted by molar-refractivity contribution is 7.98. The first-order valence-corrected chi connectivity index (χ1v) is 11.6. The van der Waals surface area contributed by atoms with E-state index in [2.05, 4.69) is 32.2 Å². The van der Waals surface area contributed by atoms with Gasteiger partial charge < -0.3 is 5.32 Å². The fourth-order valence-corrected chi connectivity index (χ4v) is 4.18. The number of benzene rings is 2. The second-order valence-corrected chi connectivity index (χ2v) is 8.60. The standard InChI is InChI=1S/C25H20F3N5OS/c1-16-13-17(2)33-23(30-16)31-24(32-33)35-15-19-9-3-4-11-21(19)22(34)29-12-6-8-18-7-5-10-20(14-18)25(26,27)28/h3-5,7,9-11,13-14H,12,15H2,1-2H3,(H,29,34). The normalized spacial score (nSPS) is 11.2. The number of fused-ring (bicyclic) bond motifs is 1. The number of hydrogen-bond acceptors (Lipinski definition) is 5. The lowest BCUT2D eigenvalue weighted by Crippen LogP contribution is -2.24. The number of hydrogen-bond donors (Lipinski definition) is 1. The van der Waals surface area contributed by atoms with Gasteiger partial charge in [-0.15, -0.1) is 5.10 Å². The molecule has 0 aliphatic heterocycles. The summed E-state index contributed by atoms with van der Waals surface area (Å²) in [5, 5.41) is 7.72. The Balaban J connectivity index is 1.40. The first-order chi connectivity index (χ1) is 16.7. The maximum absolute atomic E-state index is 12.8. The molecule has 4 aromatic rings. The quantitative estimate of drug-likeness (QED) is 0.317. The molecule has 0 saturated carbocycles. The lowest BCUT2D eigenvalue weighted by Gasteiger charge is -2.08. The molecule has 0 aliphatic rings. The minimum Gasteiger partial charge on any atom is -0.341 e. The molecule has 10 heteroatoms. The number of nitrogens with one attached hydrogen (secondary N) is 1. The molecule has 0 unspecified atom stereocenters. The Labute approximate surface area is 204 Å². The molecular formula is C25H20F3N5OS. The van der Waals surface area contributed by atoms with Crippen LogP contribution in [0.1, 0.15) is 38.4 Å². The van der Waals surface area contributed by atoms with Crippen LogP contribution < -0.4 is 5.32 Å². The molecule has 0 spiro atoms. The zero-order valence-electron chi connectivity index (χ0n) is 18.8. The summed E-state index contributed by atoms with van der Waals surface area (Å²) in [5.41, 5.74) is 2.53. The summed E-state index contributed by atoms with van der Waals surface area (Å²) in [6.07, 6.45) is -4.43. The van der Waals surface area contributed by atoms with Crippen LogP contribution in [0.2, 0.25) is 0 Å². The molecule has 0 saturated heterocycles. The van der Waals surface area contributed by atoms with E-state index in [0.29, 0.717) is 22.3 Å². The summed E-state index contributed by atoms with van der Waals surface area (Å²) >= 11 is 1.39. The number of rotatable bonds is 5. The van der Waals surface area contributed by atoms with Gasteiger partial charge in [0.25, 0.3) is 11.7 Å². The van der Waals surface area contributed by atoms with Gasteiger partial charge in [0.1, 0.15) is 0 Å². The van der Waals surface area contributed by atoms with Crippen molar-refractivity contribution in [2.75, 3.05) is 6.54 Å². The summed E-state index contributed by atoms with van der Waals surface area (Å²) < 4.78 is 40.2. The zero-order chi connectivity index (χ0) is 25.0. The molecule has 0 radical (unpaired) electrons. The second kappa shape index (κ2) is 10.2. The second-order valence-electron chi connectivity index (χ2n) is 7.65. The Kier molecular flexibility index (Phi) is 7.07. The van der Waals surface area contributed by atoms with E-state index >= 15 is 0 Å². The van der Waals surface area contributed by atoms with E-state index in [0.717, 1.165) is 29.1 Å². The fraction of sp³-hybridized carbons (Fsp3) is 0.200. The lowest BCUT2D eigenvalue weighted by molar-refractivity contribution is -0.137. The largest absolute Gasteiger partial charge is 0.416 e. The molecule has 6 nitrogen and oxygen atoms in total. The van der Waals surface area contributed by atoms with E-state index in [-0.39, 0.29) is 18.0 Å². The molecule has 2 aromatic heterocycles. The van der Waals surface area contributed by atoms with Crippen LogP contribution in [0, 0.1) is 25.7 Å². The molecule has 0 fully saturated rings. The highest BCUT2D eigenvalue weighted by Gasteiger charge is 2.30. The maximum Gasteiger partial charge on any atom is 0.416 e. The average Bonchev–Trinajstić information content (AvgIpc) is 3.23. The summed E-state index contributed by atoms with van der Waals surface area (Å²) in [6, 6.07) is 13.8. The van der Waals surface area contributed by atoms with Gasteiger partial charge in [0.2, 0.25) is 5.16 Å². The smallest absolute Gasteiger partial charge is 0.341 e. The van der Waals surface area contributed by atoms with Crippen molar-refractivity contribution in [1.29, 1.82) is 0 Å². The third-order valence-corrected chi connectivity index (χ3v) is 5.86. The van der Waals surface area contributed by atoms with Crippen LogP contribution >= 0.6 is 11.8 Å². The van der Waals surface area contributed by atoms with Gasteiger partial charge in [0.15, 0.2) is 0 Å². The van der Waals surface area contributed by atoms with E-state index in [9.17, 15) is 18.0 Å². The van der Waals surface area contributed by atoms with Gasteiger partial charge in [-0.1, -0.05) is 47.9 Å². The van der Waals surface area contributed by atoms with Crippen molar-refractivity contribution in [3.63, 3.8) is 0 Å². The van der Waals surface area contributed by atoms with Crippen molar-refractivity contribution in [3.8, 4) is 11.8 Å². The average molecular weight is 496 g/mol. The summed E-state index contributed by atoms with van der Waals surface area (Å²) in [4.78, 5) is 21.5. The van der Waals surface area contributed by atoms with Crippen molar-refractivity contribution in [1.82, 2.24) is 24.9 Å². The monoisotopic (exact) mass is 495 g/mol. The van der Waals surface area contributed by atoms with Gasteiger partial charge >= 0.3 is 6.18 Å². The highest BCUT2D eigenvalue weighted by Crippen LogP contribution is 2.29. The highest BCUT2D eigenvalue weighted by atomic mass is 32.2. The number of alkyl halides is 3. The Morgan fingerprint density at radius 1 is 1.09 bits per heavy atom. The SMILES string of the molecule is Cc1cc(C)n2nc(SCc3ccccc3C(=O)NCC#Cc3cccc(C(F)(F)F)c3)nc2n1. The van der Waals surface area contributed by atoms with Crippen molar-refractivity contribution in [2.45, 2.75) is 30.9 Å². The van der Waals surface area contributed by atoms with E-state index < -0.39 is 11.7 Å². The van der Waals surface area contributed by atoms with Crippen LogP contribution in [0.4, 0.5) is 13.2 Å². The van der Waals surface area contributed by atoms with Crippen LogP contribution in [0.25, 0.3) is 5.78 Å². The van der Waals surface area contributed by atoms with Gasteiger partial charge in [-0.05, 0) is 49.7 Å². The molecular weight excluding hydrogens is 475 g/mol. The van der Waals surface area contributed by atoms with Crippen LogP contribution in [0.3, 0.4) is 0 Å². The summed E-state index contributed by atoms with van der Waals surface area (Å²) in [5.74, 6) is 6.02. The van der Waals surface area contributed by atoms with Crippen molar-refractivity contribution < 1.29 is 18.0 Å². The summed E-state index contributed by atoms with van der Waals surface area (Å²) in [7, 11) is 0. The van der Waals surface area contributed by atoms with E-state index in [1.54, 1.807) is 16.6 Å². The predicted molar refractivity (Wildman–Crippen MR) is 127 cm³/mol. The number of halogens is 3. The maximum atomic E-state index is 12.8. The molecule has 2 aromatic carbocycles. The van der Waals surface area contributed by atoms with Gasteiger partial charge in [-0.25, -0.2) is 9.50 Å². The van der Waals surface area contributed by atoms with E-state index in [1.165, 1.54) is 23.9 Å². The van der Waals surface area contributed by atoms with E-state index in [1.807, 2.05) is 32.0 Å². The number of aryl methyl sites for hydroxylation is 2. The molecule has 1 amide bonds. The van der Waals surface area contributed by atoms with Crippen LogP contribution in [0.15, 0.2) is 59.8 Å². The van der Waals surface area contributed by atoms with Gasteiger partial charge in [0, 0.05) is 28.3 Å². The first kappa shape index (κ1) is 24.3. The van der Waals surface area contributed by atoms with Crippen LogP contribution in [-0.2, 0) is 11.9 Å². The van der Waals surface area contributed by atoms with Crippen LogP contribution in [0.5, 0.6) is 0 Å². The Morgan fingerprint density at radius 3 is 2.69 bits per heavy atom.